The molecule has 1 fully saturated rings. The standard InChI is InChI=1S/C30H21NO3/c1-31-17-24(18-9-3-2-4-10-18)29(26(32)20-13-5-6-14-21(20)27(29)33)30(31)23-16-8-12-19-11-7-15-22(25(19)23)28(30)34/h2-16,24H,17H2,1H3. The lowest BCUT2D eigenvalue weighted by Gasteiger charge is -2.43. The van der Waals surface area contributed by atoms with Crippen LogP contribution < -0.4 is 0 Å². The molecule has 34 heavy (non-hydrogen) atoms. The Labute approximate surface area is 196 Å². The lowest BCUT2D eigenvalue weighted by atomic mass is 9.57. The van der Waals surface area contributed by atoms with E-state index in [1.54, 1.807) is 24.3 Å². The van der Waals surface area contributed by atoms with Crippen LogP contribution in [0.3, 0.4) is 0 Å². The SMILES string of the molecule is CN1CC(c2ccccc2)C2(C(=O)c3ccccc3C2=O)C12C(=O)c1cccc3cccc2c13. The number of carbonyl (C=O) groups is 3. The van der Waals surface area contributed by atoms with Crippen molar-refractivity contribution in [1.82, 2.24) is 4.90 Å². The quantitative estimate of drug-likeness (QED) is 0.388. The van der Waals surface area contributed by atoms with Gasteiger partial charge in [-0.1, -0.05) is 91.0 Å². The molecule has 164 valence electrons. The van der Waals surface area contributed by atoms with Crippen molar-refractivity contribution in [1.29, 1.82) is 0 Å². The summed E-state index contributed by atoms with van der Waals surface area (Å²) in [5.41, 5.74) is 0.113. The number of carbonyl (C=O) groups excluding carboxylic acids is 3. The predicted molar refractivity (Wildman–Crippen MR) is 129 cm³/mol. The number of hydrogen-bond acceptors (Lipinski definition) is 4. The maximum atomic E-state index is 14.5. The van der Waals surface area contributed by atoms with Crippen LogP contribution in [-0.4, -0.2) is 35.8 Å². The first-order valence-electron chi connectivity index (χ1n) is 11.6. The van der Waals surface area contributed by atoms with Crippen molar-refractivity contribution in [2.45, 2.75) is 11.5 Å². The molecule has 0 radical (unpaired) electrons. The second-order valence-electron chi connectivity index (χ2n) is 9.60. The summed E-state index contributed by atoms with van der Waals surface area (Å²) in [7, 11) is 1.89. The molecule has 1 heterocycles. The lowest BCUT2D eigenvalue weighted by Crippen LogP contribution is -2.59. The topological polar surface area (TPSA) is 54.5 Å². The minimum absolute atomic E-state index is 0.158. The molecule has 2 atom stereocenters. The number of hydrogen-bond donors (Lipinski definition) is 0. The third kappa shape index (κ3) is 1.91. The fourth-order valence-corrected chi connectivity index (χ4v) is 7.11. The summed E-state index contributed by atoms with van der Waals surface area (Å²) < 4.78 is 0. The van der Waals surface area contributed by atoms with Gasteiger partial charge in [0.05, 0.1) is 0 Å². The summed E-state index contributed by atoms with van der Waals surface area (Å²) >= 11 is 0. The largest absolute Gasteiger partial charge is 0.293 e. The van der Waals surface area contributed by atoms with Crippen molar-refractivity contribution < 1.29 is 14.4 Å². The van der Waals surface area contributed by atoms with Gasteiger partial charge in [-0.05, 0) is 28.9 Å². The number of fused-ring (bicyclic) bond motifs is 3. The zero-order valence-electron chi connectivity index (χ0n) is 18.6. The minimum atomic E-state index is -1.57. The molecule has 7 rings (SSSR count). The van der Waals surface area contributed by atoms with E-state index in [4.69, 9.17) is 0 Å². The maximum absolute atomic E-state index is 14.5. The highest BCUT2D eigenvalue weighted by Gasteiger charge is 2.78. The van der Waals surface area contributed by atoms with Gasteiger partial charge in [0.1, 0.15) is 11.0 Å². The van der Waals surface area contributed by atoms with Crippen molar-refractivity contribution in [2.24, 2.45) is 5.41 Å². The number of nitrogens with zero attached hydrogens (tertiary/aromatic N) is 1. The third-order valence-electron chi connectivity index (χ3n) is 8.32. The van der Waals surface area contributed by atoms with E-state index in [0.29, 0.717) is 23.2 Å². The van der Waals surface area contributed by atoms with E-state index in [0.717, 1.165) is 21.9 Å². The van der Waals surface area contributed by atoms with Crippen LogP contribution in [0.4, 0.5) is 0 Å². The second-order valence-corrected chi connectivity index (χ2v) is 9.60. The molecule has 0 bridgehead atoms. The molecule has 4 aromatic rings. The van der Waals surface area contributed by atoms with Gasteiger partial charge in [-0.25, -0.2) is 0 Å². The van der Waals surface area contributed by atoms with Crippen molar-refractivity contribution in [2.75, 3.05) is 13.6 Å². The molecule has 4 aromatic carbocycles. The summed E-state index contributed by atoms with van der Waals surface area (Å²) in [6, 6.07) is 28.3. The van der Waals surface area contributed by atoms with E-state index in [-0.39, 0.29) is 17.3 Å². The monoisotopic (exact) mass is 443 g/mol. The zero-order chi connectivity index (χ0) is 23.2. The first-order chi connectivity index (χ1) is 16.5. The molecule has 2 unspecified atom stereocenters. The van der Waals surface area contributed by atoms with E-state index in [1.807, 2.05) is 78.7 Å². The normalized spacial score (nSPS) is 24.6. The smallest absolute Gasteiger partial charge is 0.189 e. The first-order valence-corrected chi connectivity index (χ1v) is 11.6. The summed E-state index contributed by atoms with van der Waals surface area (Å²) in [6.07, 6.45) is 0. The van der Waals surface area contributed by atoms with Crippen LogP contribution in [-0.2, 0) is 5.54 Å². The lowest BCUT2D eigenvalue weighted by molar-refractivity contribution is 0.0320. The third-order valence-corrected chi connectivity index (χ3v) is 8.32. The van der Waals surface area contributed by atoms with E-state index in [2.05, 4.69) is 0 Å². The predicted octanol–water partition coefficient (Wildman–Crippen LogP) is 5.03. The van der Waals surface area contributed by atoms with E-state index in [1.165, 1.54) is 0 Å². The molecule has 2 spiro atoms. The Bertz CT molecular complexity index is 1530. The molecule has 1 saturated heterocycles. The van der Waals surface area contributed by atoms with Gasteiger partial charge in [0.2, 0.25) is 0 Å². The highest BCUT2D eigenvalue weighted by molar-refractivity contribution is 6.36. The van der Waals surface area contributed by atoms with Crippen molar-refractivity contribution in [3.8, 4) is 0 Å². The number of likely N-dealkylation sites (N-methyl/N-ethyl adjacent to an activating group) is 1. The number of ketones is 3. The number of Topliss-reactive ketones (excluding diaryl/α,β-unsaturated/α-hetero) is 3. The van der Waals surface area contributed by atoms with Gasteiger partial charge in [-0.2, -0.15) is 0 Å². The minimum Gasteiger partial charge on any atom is -0.293 e. The van der Waals surface area contributed by atoms with Crippen LogP contribution in [0.25, 0.3) is 10.8 Å². The molecule has 4 heteroatoms. The summed E-state index contributed by atoms with van der Waals surface area (Å²) in [5.74, 6) is -1.11. The number of benzene rings is 4. The molecule has 0 saturated carbocycles. The van der Waals surface area contributed by atoms with Gasteiger partial charge in [0.15, 0.2) is 17.3 Å². The van der Waals surface area contributed by atoms with Crippen molar-refractivity contribution >= 4 is 28.1 Å². The zero-order valence-corrected chi connectivity index (χ0v) is 18.6. The van der Waals surface area contributed by atoms with Crippen LogP contribution in [0, 0.1) is 5.41 Å². The molecule has 2 aliphatic carbocycles. The van der Waals surface area contributed by atoms with Crippen molar-refractivity contribution in [3.63, 3.8) is 0 Å². The molecule has 0 amide bonds. The van der Waals surface area contributed by atoms with Crippen LogP contribution in [0.5, 0.6) is 0 Å². The fraction of sp³-hybridized carbons (Fsp3) is 0.167. The highest BCUT2D eigenvalue weighted by Crippen LogP contribution is 2.67. The second kappa shape index (κ2) is 6.37. The van der Waals surface area contributed by atoms with Crippen molar-refractivity contribution in [3.05, 3.63) is 119 Å². The summed E-state index contributed by atoms with van der Waals surface area (Å²) in [5, 5.41) is 1.80. The van der Waals surface area contributed by atoms with E-state index >= 15 is 0 Å². The Kier molecular flexibility index (Phi) is 3.66. The van der Waals surface area contributed by atoms with Gasteiger partial charge in [0, 0.05) is 29.2 Å². The summed E-state index contributed by atoms with van der Waals surface area (Å²) in [6.45, 7) is 0.422. The van der Waals surface area contributed by atoms with Gasteiger partial charge in [-0.15, -0.1) is 0 Å². The average molecular weight is 444 g/mol. The van der Waals surface area contributed by atoms with Gasteiger partial charge < -0.3 is 0 Å². The van der Waals surface area contributed by atoms with Gasteiger partial charge >= 0.3 is 0 Å². The Morgan fingerprint density at radius 1 is 0.676 bits per heavy atom. The molecular weight excluding hydrogens is 422 g/mol. The number of likely N-dealkylation sites (tertiary alicyclic amines) is 1. The highest BCUT2D eigenvalue weighted by atomic mass is 16.2. The van der Waals surface area contributed by atoms with Crippen LogP contribution in [0.1, 0.15) is 48.1 Å². The Morgan fingerprint density at radius 3 is 1.94 bits per heavy atom. The van der Waals surface area contributed by atoms with E-state index in [9.17, 15) is 14.4 Å². The summed E-state index contributed by atoms with van der Waals surface area (Å²) in [4.78, 5) is 45.6. The Balaban J connectivity index is 1.64. The van der Waals surface area contributed by atoms with Crippen LogP contribution in [0.15, 0.2) is 91.0 Å². The maximum Gasteiger partial charge on any atom is 0.189 e. The van der Waals surface area contributed by atoms with Gasteiger partial charge in [0.25, 0.3) is 0 Å². The van der Waals surface area contributed by atoms with Crippen LogP contribution in [0.2, 0.25) is 0 Å². The fourth-order valence-electron chi connectivity index (χ4n) is 7.11. The molecule has 4 nitrogen and oxygen atoms in total. The Morgan fingerprint density at radius 2 is 1.26 bits per heavy atom. The first kappa shape index (κ1) is 19.6. The average Bonchev–Trinajstić information content (AvgIpc) is 3.40. The number of rotatable bonds is 1. The molecule has 0 N–H and O–H groups in total. The molecule has 0 aromatic heterocycles. The molecule has 1 aliphatic heterocycles. The Hall–Kier alpha value is -3.89. The van der Waals surface area contributed by atoms with E-state index < -0.39 is 16.9 Å². The molecular formula is C30H21NO3. The van der Waals surface area contributed by atoms with Gasteiger partial charge in [-0.3, -0.25) is 19.3 Å². The van der Waals surface area contributed by atoms with Crippen LogP contribution >= 0.6 is 0 Å². The molecule has 3 aliphatic rings.